The SMILES string of the molecule is CCOc1cc(C(=O)NCC2(N3CCCCC3)CCCCC2)ccc1OC. The number of amides is 1. The van der Waals surface area contributed by atoms with Crippen LogP contribution < -0.4 is 14.8 Å². The van der Waals surface area contributed by atoms with Gasteiger partial charge in [-0.3, -0.25) is 9.69 Å². The van der Waals surface area contributed by atoms with Crippen molar-refractivity contribution < 1.29 is 14.3 Å². The summed E-state index contributed by atoms with van der Waals surface area (Å²) in [5.74, 6) is 1.25. The van der Waals surface area contributed by atoms with Crippen molar-refractivity contribution in [3.05, 3.63) is 23.8 Å². The highest BCUT2D eigenvalue weighted by molar-refractivity contribution is 5.94. The molecule has 0 radical (unpaired) electrons. The summed E-state index contributed by atoms with van der Waals surface area (Å²) >= 11 is 0. The van der Waals surface area contributed by atoms with Crippen LogP contribution in [0.1, 0.15) is 68.6 Å². The minimum atomic E-state index is -0.0273. The number of hydrogen-bond acceptors (Lipinski definition) is 4. The lowest BCUT2D eigenvalue weighted by Gasteiger charge is -2.48. The van der Waals surface area contributed by atoms with Gasteiger partial charge in [-0.2, -0.15) is 0 Å². The second-order valence-electron chi connectivity index (χ2n) is 7.81. The van der Waals surface area contributed by atoms with Crippen molar-refractivity contribution in [1.29, 1.82) is 0 Å². The fourth-order valence-electron chi connectivity index (χ4n) is 4.62. The van der Waals surface area contributed by atoms with Gasteiger partial charge >= 0.3 is 0 Å². The first kappa shape index (κ1) is 20.0. The smallest absolute Gasteiger partial charge is 0.251 e. The standard InChI is InChI=1S/C22H34N2O3/c1-3-27-20-16-18(10-11-19(20)26-2)21(25)23-17-22(12-6-4-7-13-22)24-14-8-5-9-15-24/h10-11,16H,3-9,12-15,17H2,1-2H3,(H,23,25). The molecule has 0 aromatic heterocycles. The Morgan fingerprint density at radius 1 is 1.07 bits per heavy atom. The molecule has 150 valence electrons. The lowest BCUT2D eigenvalue weighted by atomic mass is 9.79. The van der Waals surface area contributed by atoms with Gasteiger partial charge in [0.2, 0.25) is 0 Å². The molecule has 3 rings (SSSR count). The van der Waals surface area contributed by atoms with E-state index in [9.17, 15) is 4.79 Å². The Morgan fingerprint density at radius 3 is 2.44 bits per heavy atom. The van der Waals surface area contributed by atoms with E-state index in [0.717, 1.165) is 6.54 Å². The highest BCUT2D eigenvalue weighted by Gasteiger charge is 2.38. The summed E-state index contributed by atoms with van der Waals surface area (Å²) in [4.78, 5) is 15.5. The molecule has 5 nitrogen and oxygen atoms in total. The van der Waals surface area contributed by atoms with Crippen LogP contribution in [-0.4, -0.2) is 49.7 Å². The second kappa shape index (κ2) is 9.45. The monoisotopic (exact) mass is 374 g/mol. The number of piperidine rings is 1. The Hall–Kier alpha value is -1.75. The van der Waals surface area contributed by atoms with Crippen molar-refractivity contribution in [3.8, 4) is 11.5 Å². The molecule has 1 N–H and O–H groups in total. The van der Waals surface area contributed by atoms with Crippen LogP contribution in [0.3, 0.4) is 0 Å². The van der Waals surface area contributed by atoms with Gasteiger partial charge < -0.3 is 14.8 Å². The van der Waals surface area contributed by atoms with Gasteiger partial charge in [0.05, 0.1) is 13.7 Å². The minimum absolute atomic E-state index is 0.0273. The normalized spacial score (nSPS) is 20.1. The molecule has 1 aliphatic carbocycles. The van der Waals surface area contributed by atoms with E-state index in [4.69, 9.17) is 9.47 Å². The molecule has 1 heterocycles. The van der Waals surface area contributed by atoms with E-state index in [1.165, 1.54) is 64.5 Å². The molecule has 2 aliphatic rings. The summed E-state index contributed by atoms with van der Waals surface area (Å²) in [5.41, 5.74) is 0.771. The van der Waals surface area contributed by atoms with Crippen LogP contribution in [0.2, 0.25) is 0 Å². The third-order valence-corrected chi connectivity index (χ3v) is 6.11. The van der Waals surface area contributed by atoms with Crippen molar-refractivity contribution >= 4 is 5.91 Å². The number of carbonyl (C=O) groups is 1. The molecule has 0 spiro atoms. The fourth-order valence-corrected chi connectivity index (χ4v) is 4.62. The number of carbonyl (C=O) groups excluding carboxylic acids is 1. The lowest BCUT2D eigenvalue weighted by Crippen LogP contribution is -2.58. The molecule has 1 aromatic carbocycles. The number of benzene rings is 1. The maximum absolute atomic E-state index is 12.8. The summed E-state index contributed by atoms with van der Waals surface area (Å²) in [6.45, 7) is 5.55. The zero-order chi connectivity index (χ0) is 19.1. The van der Waals surface area contributed by atoms with Gasteiger partial charge in [0.15, 0.2) is 11.5 Å². The predicted molar refractivity (Wildman–Crippen MR) is 108 cm³/mol. The van der Waals surface area contributed by atoms with Crippen molar-refractivity contribution in [3.63, 3.8) is 0 Å². The van der Waals surface area contributed by atoms with Gasteiger partial charge in [-0.05, 0) is 63.9 Å². The minimum Gasteiger partial charge on any atom is -0.493 e. The summed E-state index contributed by atoms with van der Waals surface area (Å²) in [6, 6.07) is 5.40. The average Bonchev–Trinajstić information content (AvgIpc) is 2.73. The Balaban J connectivity index is 1.69. The van der Waals surface area contributed by atoms with Crippen molar-refractivity contribution in [2.24, 2.45) is 0 Å². The molecule has 1 saturated heterocycles. The van der Waals surface area contributed by atoms with Gasteiger partial charge in [0, 0.05) is 17.6 Å². The van der Waals surface area contributed by atoms with Crippen LogP contribution in [0.5, 0.6) is 11.5 Å². The van der Waals surface area contributed by atoms with Gasteiger partial charge in [-0.1, -0.05) is 25.7 Å². The first-order valence-electron chi connectivity index (χ1n) is 10.5. The van der Waals surface area contributed by atoms with Crippen LogP contribution in [0.15, 0.2) is 18.2 Å². The van der Waals surface area contributed by atoms with Gasteiger partial charge in [0.1, 0.15) is 0 Å². The van der Waals surface area contributed by atoms with Crippen LogP contribution >= 0.6 is 0 Å². The highest BCUT2D eigenvalue weighted by Crippen LogP contribution is 2.35. The molecule has 2 fully saturated rings. The molecule has 1 aromatic rings. The molecule has 1 amide bonds. The molecule has 0 atom stereocenters. The number of nitrogens with one attached hydrogen (secondary N) is 1. The van der Waals surface area contributed by atoms with Crippen molar-refractivity contribution in [2.75, 3.05) is 33.4 Å². The maximum Gasteiger partial charge on any atom is 0.251 e. The third kappa shape index (κ3) is 4.75. The number of nitrogens with zero attached hydrogens (tertiary/aromatic N) is 1. The molecule has 1 saturated carbocycles. The van der Waals surface area contributed by atoms with Crippen molar-refractivity contribution in [2.45, 2.75) is 63.8 Å². The summed E-state index contributed by atoms with van der Waals surface area (Å²) < 4.78 is 10.9. The Bertz CT molecular complexity index is 620. The van der Waals surface area contributed by atoms with E-state index < -0.39 is 0 Å². The molecular formula is C22H34N2O3. The zero-order valence-corrected chi connectivity index (χ0v) is 16.9. The van der Waals surface area contributed by atoms with Crippen LogP contribution in [0, 0.1) is 0 Å². The van der Waals surface area contributed by atoms with Gasteiger partial charge in [0.25, 0.3) is 5.91 Å². The van der Waals surface area contributed by atoms with Gasteiger partial charge in [-0.25, -0.2) is 0 Å². The van der Waals surface area contributed by atoms with E-state index in [2.05, 4.69) is 10.2 Å². The Morgan fingerprint density at radius 2 is 1.78 bits per heavy atom. The first-order chi connectivity index (χ1) is 13.2. The van der Waals surface area contributed by atoms with Gasteiger partial charge in [-0.15, -0.1) is 0 Å². The third-order valence-electron chi connectivity index (χ3n) is 6.11. The topological polar surface area (TPSA) is 50.8 Å². The summed E-state index contributed by atoms with van der Waals surface area (Å²) in [6.07, 6.45) is 10.1. The van der Waals surface area contributed by atoms with Crippen LogP contribution in [-0.2, 0) is 0 Å². The average molecular weight is 375 g/mol. The Labute approximate surface area is 163 Å². The van der Waals surface area contributed by atoms with Crippen LogP contribution in [0.4, 0.5) is 0 Å². The number of rotatable bonds is 7. The quantitative estimate of drug-likeness (QED) is 0.783. The highest BCUT2D eigenvalue weighted by atomic mass is 16.5. The maximum atomic E-state index is 12.8. The predicted octanol–water partition coefficient (Wildman–Crippen LogP) is 4.01. The molecule has 1 aliphatic heterocycles. The van der Waals surface area contributed by atoms with E-state index in [0.29, 0.717) is 23.7 Å². The van der Waals surface area contributed by atoms with E-state index >= 15 is 0 Å². The zero-order valence-electron chi connectivity index (χ0n) is 16.9. The largest absolute Gasteiger partial charge is 0.493 e. The van der Waals surface area contributed by atoms with E-state index in [1.54, 1.807) is 19.2 Å². The molecule has 0 bridgehead atoms. The summed E-state index contributed by atoms with van der Waals surface area (Å²) in [7, 11) is 1.61. The number of likely N-dealkylation sites (tertiary alicyclic amines) is 1. The van der Waals surface area contributed by atoms with Crippen LogP contribution in [0.25, 0.3) is 0 Å². The number of ether oxygens (including phenoxy) is 2. The summed E-state index contributed by atoms with van der Waals surface area (Å²) in [5, 5.41) is 3.24. The molecule has 0 unspecified atom stereocenters. The number of hydrogen-bond donors (Lipinski definition) is 1. The number of methoxy groups -OCH3 is 1. The second-order valence-corrected chi connectivity index (χ2v) is 7.81. The van der Waals surface area contributed by atoms with E-state index in [-0.39, 0.29) is 11.4 Å². The lowest BCUT2D eigenvalue weighted by molar-refractivity contribution is 0.0326. The first-order valence-corrected chi connectivity index (χ1v) is 10.5. The molecule has 5 heteroatoms. The fraction of sp³-hybridized carbons (Fsp3) is 0.682. The Kier molecular flexibility index (Phi) is 7.00. The molecule has 27 heavy (non-hydrogen) atoms. The molecular weight excluding hydrogens is 340 g/mol. The van der Waals surface area contributed by atoms with Crippen molar-refractivity contribution in [1.82, 2.24) is 10.2 Å². The van der Waals surface area contributed by atoms with E-state index in [1.807, 2.05) is 13.0 Å².